The Bertz CT molecular complexity index is 862. The quantitative estimate of drug-likeness (QED) is 0.844. The highest BCUT2D eigenvalue weighted by atomic mass is 16.5. The number of para-hydroxylation sites is 2. The first-order chi connectivity index (χ1) is 13.0. The van der Waals surface area contributed by atoms with Crippen molar-refractivity contribution in [3.8, 4) is 11.5 Å². The fraction of sp³-hybridized carbons (Fsp3) is 0.450. The molecule has 144 valence electrons. The fourth-order valence-electron chi connectivity index (χ4n) is 3.26. The molecule has 7 heteroatoms. The zero-order valence-electron chi connectivity index (χ0n) is 15.9. The first-order valence-electron chi connectivity index (χ1n) is 9.16. The largest absolute Gasteiger partial charge is 0.493 e. The molecule has 27 heavy (non-hydrogen) atoms. The van der Waals surface area contributed by atoms with E-state index in [1.54, 1.807) is 24.1 Å². The van der Waals surface area contributed by atoms with Crippen molar-refractivity contribution in [3.63, 3.8) is 0 Å². The van der Waals surface area contributed by atoms with Gasteiger partial charge in [-0.3, -0.25) is 9.59 Å². The molecule has 1 atom stereocenters. The van der Waals surface area contributed by atoms with Crippen LogP contribution in [0.1, 0.15) is 50.2 Å². The molecular formula is C20H25N3O4. The van der Waals surface area contributed by atoms with Gasteiger partial charge < -0.3 is 19.4 Å². The number of nitrogens with one attached hydrogen (secondary N) is 1. The molecule has 1 N–H and O–H groups in total. The van der Waals surface area contributed by atoms with Crippen LogP contribution in [0.2, 0.25) is 0 Å². The lowest BCUT2D eigenvalue weighted by atomic mass is 10.1. The van der Waals surface area contributed by atoms with Gasteiger partial charge >= 0.3 is 0 Å². The number of likely N-dealkylation sites (tertiary alicyclic amines) is 1. The predicted octanol–water partition coefficient (Wildman–Crippen LogP) is 2.64. The molecule has 1 amide bonds. The summed E-state index contributed by atoms with van der Waals surface area (Å²) in [6, 6.07) is 8.50. The first kappa shape index (κ1) is 18.9. The summed E-state index contributed by atoms with van der Waals surface area (Å²) >= 11 is 0. The summed E-state index contributed by atoms with van der Waals surface area (Å²) in [5.41, 5.74) is 0.548. The van der Waals surface area contributed by atoms with Crippen LogP contribution in [0.3, 0.4) is 0 Å². The standard InChI is InChI=1S/C20H25N3O4/c1-13(2)14-11-18(24)22-20(21-14)15-7-6-10-23(15)19(25)12-27-17-9-5-4-8-16(17)26-3/h4-5,8-9,11,13,15H,6-7,10,12H2,1-3H3,(H,21,22,24). The third-order valence-corrected chi connectivity index (χ3v) is 4.68. The Morgan fingerprint density at radius 3 is 2.78 bits per heavy atom. The summed E-state index contributed by atoms with van der Waals surface area (Å²) < 4.78 is 10.9. The molecular weight excluding hydrogens is 346 g/mol. The highest BCUT2D eigenvalue weighted by molar-refractivity contribution is 5.78. The molecule has 0 aliphatic carbocycles. The second-order valence-electron chi connectivity index (χ2n) is 6.89. The molecule has 1 unspecified atom stereocenters. The van der Waals surface area contributed by atoms with Gasteiger partial charge in [-0.05, 0) is 30.9 Å². The van der Waals surface area contributed by atoms with Gasteiger partial charge in [0.1, 0.15) is 5.82 Å². The molecule has 1 aliphatic rings. The van der Waals surface area contributed by atoms with Gasteiger partial charge in [0, 0.05) is 12.6 Å². The van der Waals surface area contributed by atoms with Gasteiger partial charge in [0.05, 0.1) is 18.8 Å². The number of aromatic amines is 1. The highest BCUT2D eigenvalue weighted by Gasteiger charge is 2.32. The van der Waals surface area contributed by atoms with Gasteiger partial charge in [0.25, 0.3) is 11.5 Å². The molecule has 0 spiro atoms. The zero-order valence-corrected chi connectivity index (χ0v) is 15.9. The van der Waals surface area contributed by atoms with Crippen LogP contribution in [-0.2, 0) is 4.79 Å². The number of hydrogen-bond acceptors (Lipinski definition) is 5. The van der Waals surface area contributed by atoms with Crippen molar-refractivity contribution in [3.05, 3.63) is 52.2 Å². The number of rotatable bonds is 6. The smallest absolute Gasteiger partial charge is 0.261 e. The average Bonchev–Trinajstić information content (AvgIpc) is 3.15. The summed E-state index contributed by atoms with van der Waals surface area (Å²) in [5.74, 6) is 1.66. The number of carbonyl (C=O) groups is 1. The number of nitrogens with zero attached hydrogens (tertiary/aromatic N) is 2. The van der Waals surface area contributed by atoms with Gasteiger partial charge in [-0.1, -0.05) is 26.0 Å². The third kappa shape index (κ3) is 4.30. The maximum atomic E-state index is 12.7. The molecule has 0 radical (unpaired) electrons. The van der Waals surface area contributed by atoms with Crippen molar-refractivity contribution in [2.45, 2.75) is 38.6 Å². The van der Waals surface area contributed by atoms with Crippen LogP contribution < -0.4 is 15.0 Å². The molecule has 1 fully saturated rings. The van der Waals surface area contributed by atoms with Crippen molar-refractivity contribution >= 4 is 5.91 Å². The fourth-order valence-corrected chi connectivity index (χ4v) is 3.26. The van der Waals surface area contributed by atoms with Gasteiger partial charge in [-0.15, -0.1) is 0 Å². The summed E-state index contributed by atoms with van der Waals surface area (Å²) in [4.78, 5) is 33.9. The molecule has 2 heterocycles. The van der Waals surface area contributed by atoms with Gasteiger partial charge in [0.2, 0.25) is 0 Å². The number of amides is 1. The van der Waals surface area contributed by atoms with E-state index >= 15 is 0 Å². The van der Waals surface area contributed by atoms with E-state index in [9.17, 15) is 9.59 Å². The van der Waals surface area contributed by atoms with Crippen LogP contribution in [0, 0.1) is 0 Å². The maximum absolute atomic E-state index is 12.7. The molecule has 1 aromatic carbocycles. The molecule has 7 nitrogen and oxygen atoms in total. The number of ether oxygens (including phenoxy) is 2. The Kier molecular flexibility index (Phi) is 5.78. The van der Waals surface area contributed by atoms with E-state index in [2.05, 4.69) is 9.97 Å². The lowest BCUT2D eigenvalue weighted by Crippen LogP contribution is -2.36. The molecule has 0 bridgehead atoms. The van der Waals surface area contributed by atoms with Crippen molar-refractivity contribution < 1.29 is 14.3 Å². The molecule has 1 aliphatic heterocycles. The minimum absolute atomic E-state index is 0.0923. The number of hydrogen-bond donors (Lipinski definition) is 1. The monoisotopic (exact) mass is 371 g/mol. The Balaban J connectivity index is 1.74. The normalized spacial score (nSPS) is 16.6. The van der Waals surface area contributed by atoms with Crippen LogP contribution >= 0.6 is 0 Å². The molecule has 2 aromatic rings. The van der Waals surface area contributed by atoms with Gasteiger partial charge in [-0.2, -0.15) is 0 Å². The van der Waals surface area contributed by atoms with E-state index in [0.717, 1.165) is 18.5 Å². The van der Waals surface area contributed by atoms with E-state index < -0.39 is 0 Å². The molecule has 1 aromatic heterocycles. The lowest BCUT2D eigenvalue weighted by Gasteiger charge is -2.24. The number of aromatic nitrogens is 2. The van der Waals surface area contributed by atoms with Crippen molar-refractivity contribution in [1.29, 1.82) is 0 Å². The molecule has 3 rings (SSSR count). The molecule has 0 saturated carbocycles. The van der Waals surface area contributed by atoms with Gasteiger partial charge in [0.15, 0.2) is 18.1 Å². The topological polar surface area (TPSA) is 84.5 Å². The Labute approximate surface area is 158 Å². The van der Waals surface area contributed by atoms with Crippen molar-refractivity contribution in [2.24, 2.45) is 0 Å². The lowest BCUT2D eigenvalue weighted by molar-refractivity contribution is -0.134. The Hall–Kier alpha value is -2.83. The number of carbonyl (C=O) groups excluding carboxylic acids is 1. The van der Waals surface area contributed by atoms with E-state index in [1.165, 1.54) is 6.07 Å². The Morgan fingerprint density at radius 2 is 2.07 bits per heavy atom. The number of benzene rings is 1. The average molecular weight is 371 g/mol. The maximum Gasteiger partial charge on any atom is 0.261 e. The zero-order chi connectivity index (χ0) is 19.4. The molecule has 1 saturated heterocycles. The highest BCUT2D eigenvalue weighted by Crippen LogP contribution is 2.31. The second kappa shape index (κ2) is 8.24. The van der Waals surface area contributed by atoms with Crippen molar-refractivity contribution in [1.82, 2.24) is 14.9 Å². The summed E-state index contributed by atoms with van der Waals surface area (Å²) in [6.07, 6.45) is 1.63. The van der Waals surface area contributed by atoms with Crippen LogP contribution in [0.5, 0.6) is 11.5 Å². The predicted molar refractivity (Wildman–Crippen MR) is 101 cm³/mol. The SMILES string of the molecule is COc1ccccc1OCC(=O)N1CCCC1c1nc(C(C)C)cc(=O)[nH]1. The number of methoxy groups -OCH3 is 1. The minimum atomic E-state index is -0.231. The van der Waals surface area contributed by atoms with E-state index in [4.69, 9.17) is 9.47 Å². The van der Waals surface area contributed by atoms with Crippen LogP contribution in [0.25, 0.3) is 0 Å². The summed E-state index contributed by atoms with van der Waals surface area (Å²) in [7, 11) is 1.56. The minimum Gasteiger partial charge on any atom is -0.493 e. The van der Waals surface area contributed by atoms with E-state index in [-0.39, 0.29) is 30.0 Å². The van der Waals surface area contributed by atoms with E-state index in [0.29, 0.717) is 23.9 Å². The van der Waals surface area contributed by atoms with Crippen LogP contribution in [0.4, 0.5) is 0 Å². The number of H-pyrrole nitrogens is 1. The van der Waals surface area contributed by atoms with Crippen LogP contribution in [0.15, 0.2) is 35.1 Å². The third-order valence-electron chi connectivity index (χ3n) is 4.68. The summed E-state index contributed by atoms with van der Waals surface area (Å²) in [5, 5.41) is 0. The Morgan fingerprint density at radius 1 is 1.33 bits per heavy atom. The van der Waals surface area contributed by atoms with Crippen molar-refractivity contribution in [2.75, 3.05) is 20.3 Å². The van der Waals surface area contributed by atoms with E-state index in [1.807, 2.05) is 26.0 Å². The van der Waals surface area contributed by atoms with Crippen LogP contribution in [-0.4, -0.2) is 41.0 Å². The first-order valence-corrected chi connectivity index (χ1v) is 9.16. The van der Waals surface area contributed by atoms with Gasteiger partial charge in [-0.25, -0.2) is 4.98 Å². The second-order valence-corrected chi connectivity index (χ2v) is 6.89. The summed E-state index contributed by atoms with van der Waals surface area (Å²) in [6.45, 7) is 4.51.